The van der Waals surface area contributed by atoms with Crippen molar-refractivity contribution in [2.45, 2.75) is 67.2 Å². The smallest absolute Gasteiger partial charge is 0.226 e. The molecule has 2 heteroatoms. The lowest BCUT2D eigenvalue weighted by Gasteiger charge is -2.14. The number of rotatable bonds is 5. The Kier molecular flexibility index (Phi) is 22.2. The summed E-state index contributed by atoms with van der Waals surface area (Å²) in [5.74, 6) is 0.166. The van der Waals surface area contributed by atoms with Gasteiger partial charge in [-0.15, -0.1) is 0 Å². The Morgan fingerprint density at radius 2 is 1.47 bits per heavy atom. The molecule has 0 heterocycles. The Balaban J connectivity index is -0.000000275. The maximum atomic E-state index is 11.2. The molecule has 0 rings (SSSR count). The van der Waals surface area contributed by atoms with Gasteiger partial charge in [0.1, 0.15) is 0 Å². The van der Waals surface area contributed by atoms with Gasteiger partial charge in [-0.2, -0.15) is 0 Å². The van der Waals surface area contributed by atoms with Crippen LogP contribution in [0.5, 0.6) is 0 Å². The van der Waals surface area contributed by atoms with Crippen LogP contribution in [0.2, 0.25) is 0 Å². The summed E-state index contributed by atoms with van der Waals surface area (Å²) in [6, 6.07) is 0. The van der Waals surface area contributed by atoms with E-state index in [4.69, 9.17) is 0 Å². The van der Waals surface area contributed by atoms with E-state index in [0.717, 1.165) is 18.5 Å². The second-order valence-corrected chi connectivity index (χ2v) is 3.69. The number of hydrogen-bond acceptors (Lipinski definition) is 1. The third-order valence-electron chi connectivity index (χ3n) is 2.30. The lowest BCUT2D eigenvalue weighted by Crippen LogP contribution is -2.26. The molecule has 0 saturated carbocycles. The lowest BCUT2D eigenvalue weighted by atomic mass is 10.1. The van der Waals surface area contributed by atoms with Gasteiger partial charge in [0, 0.05) is 20.0 Å². The van der Waals surface area contributed by atoms with Crippen molar-refractivity contribution < 1.29 is 4.79 Å². The van der Waals surface area contributed by atoms with Gasteiger partial charge in [-0.05, 0) is 13.3 Å². The number of carbonyl (C=O) groups excluding carboxylic acids is 1. The molecule has 0 unspecified atom stereocenters. The summed E-state index contributed by atoms with van der Waals surface area (Å²) in [4.78, 5) is 12.9. The fraction of sp³-hybridized carbons (Fsp3) is 0.800. The van der Waals surface area contributed by atoms with Crippen molar-refractivity contribution in [1.29, 1.82) is 0 Å². The molecule has 1 amide bonds. The number of carbonyl (C=O) groups is 1. The molecule has 0 aliphatic carbocycles. The van der Waals surface area contributed by atoms with Gasteiger partial charge in [-0.3, -0.25) is 4.79 Å². The van der Waals surface area contributed by atoms with E-state index in [0.29, 0.717) is 6.42 Å². The Hall–Kier alpha value is -0.790. The number of amides is 1. The minimum atomic E-state index is 0.166. The van der Waals surface area contributed by atoms with Crippen LogP contribution in [0.4, 0.5) is 0 Å². The first-order valence-electron chi connectivity index (χ1n) is 6.93. The molecule has 0 aliphatic heterocycles. The molecule has 0 spiro atoms. The van der Waals surface area contributed by atoms with Crippen molar-refractivity contribution in [1.82, 2.24) is 4.90 Å². The fourth-order valence-electron chi connectivity index (χ4n) is 0.650. The van der Waals surface area contributed by atoms with E-state index < -0.39 is 0 Å². The third kappa shape index (κ3) is 17.8. The van der Waals surface area contributed by atoms with Gasteiger partial charge in [0.05, 0.1) is 0 Å². The Morgan fingerprint density at radius 3 is 1.71 bits per heavy atom. The third-order valence-corrected chi connectivity index (χ3v) is 2.30. The first-order chi connectivity index (χ1) is 8.03. The highest BCUT2D eigenvalue weighted by Crippen LogP contribution is 2.04. The van der Waals surface area contributed by atoms with Gasteiger partial charge in [-0.25, -0.2) is 0 Å². The van der Waals surface area contributed by atoms with Gasteiger partial charge in [0.2, 0.25) is 5.91 Å². The molecule has 0 N–H and O–H groups in total. The van der Waals surface area contributed by atoms with E-state index in [1.807, 2.05) is 34.7 Å². The van der Waals surface area contributed by atoms with E-state index in [1.165, 1.54) is 12.8 Å². The average molecular weight is 243 g/mol. The molecular weight excluding hydrogens is 210 g/mol. The average Bonchev–Trinajstić information content (AvgIpc) is 2.39. The van der Waals surface area contributed by atoms with Gasteiger partial charge in [0.15, 0.2) is 0 Å². The normalized spacial score (nSPS) is 8.18. The molecule has 0 bridgehead atoms. The predicted octanol–water partition coefficient (Wildman–Crippen LogP) is 4.65. The lowest BCUT2D eigenvalue weighted by molar-refractivity contribution is -0.128. The Morgan fingerprint density at radius 1 is 1.06 bits per heavy atom. The van der Waals surface area contributed by atoms with Crippen LogP contribution in [0.1, 0.15) is 67.2 Å². The molecule has 0 aromatic carbocycles. The molecule has 0 aromatic rings. The second-order valence-electron chi connectivity index (χ2n) is 3.69. The fourth-order valence-corrected chi connectivity index (χ4v) is 0.650. The molecule has 104 valence electrons. The summed E-state index contributed by atoms with van der Waals surface area (Å²) in [7, 11) is 1.81. The van der Waals surface area contributed by atoms with Crippen LogP contribution in [0.15, 0.2) is 12.2 Å². The summed E-state index contributed by atoms with van der Waals surface area (Å²) in [6.45, 7) is 16.9. The maximum Gasteiger partial charge on any atom is 0.226 e. The van der Waals surface area contributed by atoms with Crippen LogP contribution in [-0.4, -0.2) is 24.4 Å². The van der Waals surface area contributed by atoms with Crippen molar-refractivity contribution in [3.8, 4) is 0 Å². The first kappa shape index (κ1) is 21.5. The highest BCUT2D eigenvalue weighted by Gasteiger charge is 2.06. The minimum absolute atomic E-state index is 0.166. The van der Waals surface area contributed by atoms with Crippen LogP contribution in [0.25, 0.3) is 0 Å². The zero-order valence-corrected chi connectivity index (χ0v) is 13.1. The van der Waals surface area contributed by atoms with Gasteiger partial charge < -0.3 is 4.90 Å². The quantitative estimate of drug-likeness (QED) is 0.643. The van der Waals surface area contributed by atoms with Gasteiger partial charge in [-0.1, -0.05) is 59.6 Å². The SMILES string of the molecule is C=C(CC)CC(=O)N(C)CC.CC.CCCC. The molecule has 0 atom stereocenters. The highest BCUT2D eigenvalue weighted by atomic mass is 16.2. The van der Waals surface area contributed by atoms with Crippen molar-refractivity contribution in [3.05, 3.63) is 12.2 Å². The Labute approximate surface area is 109 Å². The standard InChI is InChI=1S/C9H17NO.C4H10.C2H6/c1-5-8(3)7-9(11)10(4)6-2;1-3-4-2;1-2/h3,5-7H2,1-2,4H3;3-4H2,1-2H3;1-2H3. The van der Waals surface area contributed by atoms with Crippen LogP contribution in [-0.2, 0) is 4.79 Å². The van der Waals surface area contributed by atoms with E-state index in [9.17, 15) is 4.79 Å². The number of nitrogens with zero attached hydrogens (tertiary/aromatic N) is 1. The summed E-state index contributed by atoms with van der Waals surface area (Å²) < 4.78 is 0. The highest BCUT2D eigenvalue weighted by molar-refractivity contribution is 5.78. The van der Waals surface area contributed by atoms with Crippen molar-refractivity contribution in [3.63, 3.8) is 0 Å². The monoisotopic (exact) mass is 243 g/mol. The van der Waals surface area contributed by atoms with E-state index in [-0.39, 0.29) is 5.91 Å². The van der Waals surface area contributed by atoms with Gasteiger partial charge in [0.25, 0.3) is 0 Å². The van der Waals surface area contributed by atoms with E-state index in [2.05, 4.69) is 20.4 Å². The van der Waals surface area contributed by atoms with Gasteiger partial charge >= 0.3 is 0 Å². The molecule has 17 heavy (non-hydrogen) atoms. The van der Waals surface area contributed by atoms with Crippen LogP contribution in [0, 0.1) is 0 Å². The van der Waals surface area contributed by atoms with Crippen LogP contribution < -0.4 is 0 Å². The molecule has 2 nitrogen and oxygen atoms in total. The minimum Gasteiger partial charge on any atom is -0.346 e. The summed E-state index contributed by atoms with van der Waals surface area (Å²) in [6.07, 6.45) is 4.03. The molecule has 0 fully saturated rings. The molecular formula is C15H33NO. The van der Waals surface area contributed by atoms with Crippen LogP contribution in [0.3, 0.4) is 0 Å². The van der Waals surface area contributed by atoms with Crippen molar-refractivity contribution in [2.24, 2.45) is 0 Å². The second kappa shape index (κ2) is 17.6. The molecule has 0 aromatic heterocycles. The number of unbranched alkanes of at least 4 members (excludes halogenated alkanes) is 1. The molecule has 0 radical (unpaired) electrons. The van der Waals surface area contributed by atoms with Crippen LogP contribution >= 0.6 is 0 Å². The topological polar surface area (TPSA) is 20.3 Å². The predicted molar refractivity (Wildman–Crippen MR) is 79.3 cm³/mol. The largest absolute Gasteiger partial charge is 0.346 e. The van der Waals surface area contributed by atoms with E-state index >= 15 is 0 Å². The summed E-state index contributed by atoms with van der Waals surface area (Å²) >= 11 is 0. The maximum absolute atomic E-state index is 11.2. The summed E-state index contributed by atoms with van der Waals surface area (Å²) in [5, 5.41) is 0. The zero-order chi connectivity index (χ0) is 14.3. The van der Waals surface area contributed by atoms with E-state index in [1.54, 1.807) is 4.90 Å². The molecule has 0 aliphatic rings. The van der Waals surface area contributed by atoms with Crippen molar-refractivity contribution >= 4 is 5.91 Å². The Bertz CT molecular complexity index is 174. The summed E-state index contributed by atoms with van der Waals surface area (Å²) in [5.41, 5.74) is 1.01. The van der Waals surface area contributed by atoms with Crippen molar-refractivity contribution in [2.75, 3.05) is 13.6 Å². The molecule has 0 saturated heterocycles. The number of hydrogen-bond donors (Lipinski definition) is 0. The zero-order valence-electron chi connectivity index (χ0n) is 13.1. The first-order valence-corrected chi connectivity index (χ1v) is 6.93.